The second kappa shape index (κ2) is 6.19. The molecule has 20 heavy (non-hydrogen) atoms. The van der Waals surface area contributed by atoms with Crippen LogP contribution in [0, 0.1) is 16.0 Å². The molecular formula is C14H21N3O3. The van der Waals surface area contributed by atoms with E-state index in [1.165, 1.54) is 13.2 Å². The topological polar surface area (TPSA) is 81.6 Å². The number of nitrogens with zero attached hydrogens (tertiary/aromatic N) is 2. The fourth-order valence-electron chi connectivity index (χ4n) is 2.53. The molecule has 1 saturated heterocycles. The lowest BCUT2D eigenvalue weighted by atomic mass is 9.94. The first-order chi connectivity index (χ1) is 9.49. The molecule has 1 aliphatic heterocycles. The summed E-state index contributed by atoms with van der Waals surface area (Å²) in [5.41, 5.74) is 7.03. The van der Waals surface area contributed by atoms with E-state index in [9.17, 15) is 10.1 Å². The Labute approximate surface area is 118 Å². The molecule has 2 N–H and O–H groups in total. The van der Waals surface area contributed by atoms with Crippen LogP contribution in [0.4, 0.5) is 5.69 Å². The van der Waals surface area contributed by atoms with Gasteiger partial charge in [-0.15, -0.1) is 0 Å². The van der Waals surface area contributed by atoms with Gasteiger partial charge in [0, 0.05) is 25.2 Å². The van der Waals surface area contributed by atoms with Crippen molar-refractivity contribution in [2.75, 3.05) is 20.2 Å². The molecule has 0 bridgehead atoms. The van der Waals surface area contributed by atoms with Crippen LogP contribution in [-0.4, -0.2) is 36.1 Å². The van der Waals surface area contributed by atoms with Crippen molar-refractivity contribution >= 4 is 5.69 Å². The lowest BCUT2D eigenvalue weighted by Crippen LogP contribution is -2.47. The molecule has 0 radical (unpaired) electrons. The Balaban J connectivity index is 2.12. The Morgan fingerprint density at radius 2 is 2.25 bits per heavy atom. The summed E-state index contributed by atoms with van der Waals surface area (Å²) in [6, 6.07) is 5.06. The van der Waals surface area contributed by atoms with Crippen LogP contribution < -0.4 is 10.5 Å². The van der Waals surface area contributed by atoms with Gasteiger partial charge in [0.2, 0.25) is 0 Å². The molecule has 0 aromatic heterocycles. The van der Waals surface area contributed by atoms with Gasteiger partial charge in [0.05, 0.1) is 18.1 Å². The molecule has 0 amide bonds. The van der Waals surface area contributed by atoms with Gasteiger partial charge in [-0.25, -0.2) is 0 Å². The van der Waals surface area contributed by atoms with Crippen LogP contribution in [0.2, 0.25) is 0 Å². The number of nitro benzene ring substituents is 1. The van der Waals surface area contributed by atoms with E-state index in [1.54, 1.807) is 6.07 Å². The number of rotatable bonds is 4. The first kappa shape index (κ1) is 14.7. The van der Waals surface area contributed by atoms with E-state index in [0.29, 0.717) is 18.2 Å². The van der Waals surface area contributed by atoms with E-state index in [1.807, 2.05) is 6.07 Å². The quantitative estimate of drug-likeness (QED) is 0.671. The minimum absolute atomic E-state index is 0.0639. The zero-order chi connectivity index (χ0) is 14.7. The number of non-ortho nitro benzene ring substituents is 1. The van der Waals surface area contributed by atoms with Crippen molar-refractivity contribution in [1.82, 2.24) is 4.90 Å². The summed E-state index contributed by atoms with van der Waals surface area (Å²) in [7, 11) is 1.52. The SMILES string of the molecule is COc1cc(CN2CCC(C)C(N)C2)cc([N+](=O)[O-])c1. The standard InChI is InChI=1S/C14H21N3O3/c1-10-3-4-16(9-14(10)15)8-11-5-12(17(18)19)7-13(6-11)20-2/h5-7,10,14H,3-4,8-9,15H2,1-2H3. The molecular weight excluding hydrogens is 258 g/mol. The summed E-state index contributed by atoms with van der Waals surface area (Å²) >= 11 is 0. The normalized spacial score (nSPS) is 23.6. The number of nitro groups is 1. The van der Waals surface area contributed by atoms with E-state index in [0.717, 1.165) is 25.1 Å². The fraction of sp³-hybridized carbons (Fsp3) is 0.571. The number of nitrogens with two attached hydrogens (primary N) is 1. The molecule has 6 nitrogen and oxygen atoms in total. The Morgan fingerprint density at radius 1 is 1.50 bits per heavy atom. The molecule has 0 saturated carbocycles. The predicted octanol–water partition coefficient (Wildman–Crippen LogP) is 1.77. The van der Waals surface area contributed by atoms with Crippen molar-refractivity contribution < 1.29 is 9.66 Å². The van der Waals surface area contributed by atoms with Crippen molar-refractivity contribution in [2.24, 2.45) is 11.7 Å². The second-order valence-electron chi connectivity index (χ2n) is 5.46. The number of methoxy groups -OCH3 is 1. The molecule has 1 heterocycles. The average Bonchev–Trinajstić information content (AvgIpc) is 2.42. The number of hydrogen-bond acceptors (Lipinski definition) is 5. The monoisotopic (exact) mass is 279 g/mol. The van der Waals surface area contributed by atoms with Crippen molar-refractivity contribution in [2.45, 2.75) is 25.9 Å². The molecule has 2 unspecified atom stereocenters. The van der Waals surface area contributed by atoms with Gasteiger partial charge in [0.1, 0.15) is 5.75 Å². The molecule has 1 aliphatic rings. The van der Waals surface area contributed by atoms with E-state index in [4.69, 9.17) is 10.5 Å². The van der Waals surface area contributed by atoms with E-state index in [2.05, 4.69) is 11.8 Å². The summed E-state index contributed by atoms with van der Waals surface area (Å²) in [6.07, 6.45) is 1.06. The molecule has 0 spiro atoms. The van der Waals surface area contributed by atoms with Crippen molar-refractivity contribution in [3.05, 3.63) is 33.9 Å². The lowest BCUT2D eigenvalue weighted by Gasteiger charge is -2.35. The zero-order valence-corrected chi connectivity index (χ0v) is 11.9. The van der Waals surface area contributed by atoms with Crippen LogP contribution in [0.25, 0.3) is 0 Å². The van der Waals surface area contributed by atoms with E-state index < -0.39 is 4.92 Å². The molecule has 1 fully saturated rings. The number of piperidine rings is 1. The van der Waals surface area contributed by atoms with E-state index >= 15 is 0 Å². The molecule has 2 rings (SSSR count). The fourth-order valence-corrected chi connectivity index (χ4v) is 2.53. The lowest BCUT2D eigenvalue weighted by molar-refractivity contribution is -0.385. The number of ether oxygens (including phenoxy) is 1. The third-order valence-corrected chi connectivity index (χ3v) is 3.90. The molecule has 1 aromatic carbocycles. The summed E-state index contributed by atoms with van der Waals surface area (Å²) in [6.45, 7) is 4.63. The molecule has 1 aromatic rings. The first-order valence-electron chi connectivity index (χ1n) is 6.80. The van der Waals surface area contributed by atoms with E-state index in [-0.39, 0.29) is 11.7 Å². The van der Waals surface area contributed by atoms with Crippen LogP contribution in [0.15, 0.2) is 18.2 Å². The third-order valence-electron chi connectivity index (χ3n) is 3.90. The Bertz CT molecular complexity index is 493. The van der Waals surface area contributed by atoms with Gasteiger partial charge in [-0.3, -0.25) is 15.0 Å². The van der Waals surface area contributed by atoms with Gasteiger partial charge in [0.15, 0.2) is 0 Å². The Morgan fingerprint density at radius 3 is 2.85 bits per heavy atom. The summed E-state index contributed by atoms with van der Waals surface area (Å²) in [5.74, 6) is 1.05. The number of hydrogen-bond donors (Lipinski definition) is 1. The van der Waals surface area contributed by atoms with Crippen molar-refractivity contribution in [1.29, 1.82) is 0 Å². The molecule has 110 valence electrons. The Kier molecular flexibility index (Phi) is 4.57. The summed E-state index contributed by atoms with van der Waals surface area (Å²) < 4.78 is 5.13. The molecule has 0 aliphatic carbocycles. The summed E-state index contributed by atoms with van der Waals surface area (Å²) in [4.78, 5) is 12.8. The van der Waals surface area contributed by atoms with Gasteiger partial charge in [-0.1, -0.05) is 6.92 Å². The molecule has 2 atom stereocenters. The maximum absolute atomic E-state index is 10.9. The zero-order valence-electron chi connectivity index (χ0n) is 11.9. The van der Waals surface area contributed by atoms with Gasteiger partial charge in [0.25, 0.3) is 5.69 Å². The number of likely N-dealkylation sites (tertiary alicyclic amines) is 1. The highest BCUT2D eigenvalue weighted by Crippen LogP contribution is 2.25. The largest absolute Gasteiger partial charge is 0.496 e. The number of benzene rings is 1. The van der Waals surface area contributed by atoms with Gasteiger partial charge in [-0.05, 0) is 30.5 Å². The van der Waals surface area contributed by atoms with Gasteiger partial charge >= 0.3 is 0 Å². The van der Waals surface area contributed by atoms with Crippen LogP contribution in [0.5, 0.6) is 5.75 Å². The predicted molar refractivity (Wildman–Crippen MR) is 76.7 cm³/mol. The minimum atomic E-state index is -0.393. The van der Waals surface area contributed by atoms with Crippen LogP contribution >= 0.6 is 0 Å². The Hall–Kier alpha value is -1.66. The highest BCUT2D eigenvalue weighted by Gasteiger charge is 2.23. The first-order valence-corrected chi connectivity index (χ1v) is 6.80. The van der Waals surface area contributed by atoms with Crippen LogP contribution in [-0.2, 0) is 6.54 Å². The summed E-state index contributed by atoms with van der Waals surface area (Å²) in [5, 5.41) is 10.9. The highest BCUT2D eigenvalue weighted by molar-refractivity contribution is 5.42. The van der Waals surface area contributed by atoms with Crippen molar-refractivity contribution in [3.63, 3.8) is 0 Å². The van der Waals surface area contributed by atoms with Gasteiger partial charge in [-0.2, -0.15) is 0 Å². The second-order valence-corrected chi connectivity index (χ2v) is 5.46. The van der Waals surface area contributed by atoms with Crippen LogP contribution in [0.3, 0.4) is 0 Å². The minimum Gasteiger partial charge on any atom is -0.496 e. The highest BCUT2D eigenvalue weighted by atomic mass is 16.6. The van der Waals surface area contributed by atoms with Gasteiger partial charge < -0.3 is 10.5 Å². The molecule has 6 heteroatoms. The third kappa shape index (κ3) is 3.46. The maximum atomic E-state index is 10.9. The van der Waals surface area contributed by atoms with Crippen molar-refractivity contribution in [3.8, 4) is 5.75 Å². The smallest absolute Gasteiger partial charge is 0.273 e. The van der Waals surface area contributed by atoms with Crippen LogP contribution in [0.1, 0.15) is 18.9 Å². The maximum Gasteiger partial charge on any atom is 0.273 e. The average molecular weight is 279 g/mol.